The topological polar surface area (TPSA) is 79.8 Å². The molecule has 1 amide bonds. The minimum absolute atomic E-state index is 0.101. The molecule has 0 aliphatic heterocycles. The molecule has 0 aliphatic carbocycles. The van der Waals surface area contributed by atoms with Crippen molar-refractivity contribution in [2.24, 2.45) is 0 Å². The van der Waals surface area contributed by atoms with E-state index in [0.29, 0.717) is 12.4 Å². The van der Waals surface area contributed by atoms with E-state index < -0.39 is 0 Å². The molecular weight excluding hydrogens is 298 g/mol. The van der Waals surface area contributed by atoms with Crippen molar-refractivity contribution in [1.82, 2.24) is 20.3 Å². The highest BCUT2D eigenvalue weighted by Crippen LogP contribution is 2.17. The first-order chi connectivity index (χ1) is 10.7. The van der Waals surface area contributed by atoms with E-state index in [1.165, 1.54) is 6.33 Å². The number of carbonyl (C=O) groups is 1. The van der Waals surface area contributed by atoms with Crippen LogP contribution in [0.3, 0.4) is 0 Å². The maximum atomic E-state index is 11.9. The van der Waals surface area contributed by atoms with Crippen LogP contribution in [0.25, 0.3) is 10.9 Å². The molecule has 3 aromatic rings. The highest BCUT2D eigenvalue weighted by molar-refractivity contribution is 7.09. The molecule has 7 heteroatoms. The van der Waals surface area contributed by atoms with Gasteiger partial charge in [-0.25, -0.2) is 15.0 Å². The Hall–Kier alpha value is -2.54. The number of aryl methyl sites for hydroxylation is 1. The predicted molar refractivity (Wildman–Crippen MR) is 86.7 cm³/mol. The quantitative estimate of drug-likeness (QED) is 0.754. The molecule has 2 aromatic heterocycles. The van der Waals surface area contributed by atoms with Crippen LogP contribution in [0.5, 0.6) is 0 Å². The van der Waals surface area contributed by atoms with Crippen molar-refractivity contribution in [1.29, 1.82) is 0 Å². The molecule has 6 nitrogen and oxygen atoms in total. The third-order valence-electron chi connectivity index (χ3n) is 3.06. The molecule has 0 fully saturated rings. The third-order valence-corrected chi connectivity index (χ3v) is 4.03. The second-order valence-corrected chi connectivity index (χ2v) is 5.69. The number of para-hydroxylation sites is 1. The van der Waals surface area contributed by atoms with Gasteiger partial charge in [-0.2, -0.15) is 0 Å². The zero-order chi connectivity index (χ0) is 15.4. The normalized spacial score (nSPS) is 10.6. The summed E-state index contributed by atoms with van der Waals surface area (Å²) in [5, 5.41) is 9.65. The summed E-state index contributed by atoms with van der Waals surface area (Å²) in [5.74, 6) is 0.557. The number of hydrogen-bond donors (Lipinski definition) is 2. The minimum atomic E-state index is -0.101. The van der Waals surface area contributed by atoms with Gasteiger partial charge in [-0.3, -0.25) is 4.79 Å². The van der Waals surface area contributed by atoms with Gasteiger partial charge in [0, 0.05) is 16.5 Å². The van der Waals surface area contributed by atoms with Crippen molar-refractivity contribution >= 4 is 34.0 Å². The summed E-state index contributed by atoms with van der Waals surface area (Å²) in [6, 6.07) is 7.67. The number of anilines is 1. The lowest BCUT2D eigenvalue weighted by Crippen LogP contribution is -2.29. The van der Waals surface area contributed by atoms with E-state index in [9.17, 15) is 4.79 Å². The van der Waals surface area contributed by atoms with E-state index in [2.05, 4.69) is 25.6 Å². The van der Waals surface area contributed by atoms with Crippen LogP contribution < -0.4 is 10.6 Å². The van der Waals surface area contributed by atoms with Gasteiger partial charge >= 0.3 is 0 Å². The van der Waals surface area contributed by atoms with E-state index in [0.717, 1.165) is 21.6 Å². The monoisotopic (exact) mass is 313 g/mol. The first-order valence-corrected chi connectivity index (χ1v) is 7.71. The Balaban J connectivity index is 1.58. The van der Waals surface area contributed by atoms with Crippen molar-refractivity contribution < 1.29 is 4.79 Å². The number of rotatable bonds is 5. The molecule has 3 rings (SSSR count). The summed E-state index contributed by atoms with van der Waals surface area (Å²) in [5.41, 5.74) is 1.82. The molecule has 0 aliphatic rings. The van der Waals surface area contributed by atoms with E-state index in [1.54, 1.807) is 11.3 Å². The van der Waals surface area contributed by atoms with E-state index in [-0.39, 0.29) is 12.5 Å². The van der Waals surface area contributed by atoms with Gasteiger partial charge in [0.05, 0.1) is 18.6 Å². The molecule has 0 saturated heterocycles. The average Bonchev–Trinajstić information content (AvgIpc) is 2.96. The first kappa shape index (κ1) is 14.4. The fourth-order valence-electron chi connectivity index (χ4n) is 2.03. The fraction of sp³-hybridized carbons (Fsp3) is 0.200. The fourth-order valence-corrected chi connectivity index (χ4v) is 2.74. The van der Waals surface area contributed by atoms with Crippen molar-refractivity contribution in [3.8, 4) is 0 Å². The number of carbonyl (C=O) groups excluding carboxylic acids is 1. The number of aromatic nitrogens is 3. The minimum Gasteiger partial charge on any atom is -0.360 e. The Morgan fingerprint density at radius 3 is 2.95 bits per heavy atom. The second-order valence-electron chi connectivity index (χ2n) is 4.75. The molecule has 2 N–H and O–H groups in total. The molecule has 0 atom stereocenters. The summed E-state index contributed by atoms with van der Waals surface area (Å²) in [4.78, 5) is 24.6. The smallest absolute Gasteiger partial charge is 0.239 e. The highest BCUT2D eigenvalue weighted by Gasteiger charge is 2.06. The van der Waals surface area contributed by atoms with Crippen LogP contribution in [-0.2, 0) is 11.3 Å². The maximum Gasteiger partial charge on any atom is 0.239 e. The Morgan fingerprint density at radius 1 is 1.27 bits per heavy atom. The Bertz CT molecular complexity index is 796. The van der Waals surface area contributed by atoms with Crippen molar-refractivity contribution in [2.75, 3.05) is 11.9 Å². The number of fused-ring (bicyclic) bond motifs is 1. The molecule has 0 unspecified atom stereocenters. The zero-order valence-corrected chi connectivity index (χ0v) is 12.9. The largest absolute Gasteiger partial charge is 0.360 e. The van der Waals surface area contributed by atoms with Crippen LogP contribution >= 0.6 is 11.3 Å². The summed E-state index contributed by atoms with van der Waals surface area (Å²) < 4.78 is 0. The van der Waals surface area contributed by atoms with Gasteiger partial charge in [-0.1, -0.05) is 12.1 Å². The maximum absolute atomic E-state index is 11.9. The number of amides is 1. The molecular formula is C15H15N5OS. The number of hydrogen-bond acceptors (Lipinski definition) is 6. The van der Waals surface area contributed by atoms with Crippen molar-refractivity contribution in [3.63, 3.8) is 0 Å². The van der Waals surface area contributed by atoms with Gasteiger partial charge < -0.3 is 10.6 Å². The van der Waals surface area contributed by atoms with E-state index in [4.69, 9.17) is 0 Å². The number of nitrogens with one attached hydrogen (secondary N) is 2. The van der Waals surface area contributed by atoms with Gasteiger partial charge in [0.15, 0.2) is 0 Å². The van der Waals surface area contributed by atoms with Crippen LogP contribution in [-0.4, -0.2) is 27.4 Å². The molecule has 0 bridgehead atoms. The van der Waals surface area contributed by atoms with Crippen molar-refractivity contribution in [3.05, 3.63) is 46.7 Å². The molecule has 2 heterocycles. The Labute approximate surface area is 131 Å². The SMILES string of the molecule is Cc1csc(CNC(=O)CNc2ncnc3ccccc23)n1. The van der Waals surface area contributed by atoms with Crippen LogP contribution in [0, 0.1) is 6.92 Å². The van der Waals surface area contributed by atoms with Crippen LogP contribution in [0.1, 0.15) is 10.7 Å². The van der Waals surface area contributed by atoms with E-state index in [1.807, 2.05) is 36.6 Å². The number of benzene rings is 1. The van der Waals surface area contributed by atoms with Gasteiger partial charge in [0.1, 0.15) is 17.2 Å². The molecule has 22 heavy (non-hydrogen) atoms. The lowest BCUT2D eigenvalue weighted by molar-refractivity contribution is -0.119. The zero-order valence-electron chi connectivity index (χ0n) is 12.0. The molecule has 0 spiro atoms. The van der Waals surface area contributed by atoms with Gasteiger partial charge in [-0.15, -0.1) is 11.3 Å². The second kappa shape index (κ2) is 6.48. The molecule has 0 radical (unpaired) electrons. The van der Waals surface area contributed by atoms with Crippen LogP contribution in [0.4, 0.5) is 5.82 Å². The standard InChI is InChI=1S/C15H15N5OS/c1-10-8-22-14(20-10)7-16-13(21)6-17-15-11-4-2-3-5-12(11)18-9-19-15/h2-5,8-9H,6-7H2,1H3,(H,16,21)(H,17,18,19). The first-order valence-electron chi connectivity index (χ1n) is 6.84. The number of thiazole rings is 1. The average molecular weight is 313 g/mol. The lowest BCUT2D eigenvalue weighted by Gasteiger charge is -2.08. The number of nitrogens with zero attached hydrogens (tertiary/aromatic N) is 3. The molecule has 112 valence electrons. The molecule has 0 saturated carbocycles. The predicted octanol–water partition coefficient (Wildman–Crippen LogP) is 2.12. The van der Waals surface area contributed by atoms with Crippen molar-refractivity contribution in [2.45, 2.75) is 13.5 Å². The van der Waals surface area contributed by atoms with E-state index >= 15 is 0 Å². The Morgan fingerprint density at radius 2 is 2.14 bits per heavy atom. The van der Waals surface area contributed by atoms with Gasteiger partial charge in [0.25, 0.3) is 0 Å². The third kappa shape index (κ3) is 3.37. The van der Waals surface area contributed by atoms with Gasteiger partial charge in [-0.05, 0) is 19.1 Å². The van der Waals surface area contributed by atoms with Crippen LogP contribution in [0.2, 0.25) is 0 Å². The summed E-state index contributed by atoms with van der Waals surface area (Å²) in [6.45, 7) is 2.54. The Kier molecular flexibility index (Phi) is 4.24. The highest BCUT2D eigenvalue weighted by atomic mass is 32.1. The molecule has 1 aromatic carbocycles. The summed E-state index contributed by atoms with van der Waals surface area (Å²) in [6.07, 6.45) is 1.49. The lowest BCUT2D eigenvalue weighted by atomic mass is 10.2. The van der Waals surface area contributed by atoms with Crippen LogP contribution in [0.15, 0.2) is 36.0 Å². The summed E-state index contributed by atoms with van der Waals surface area (Å²) >= 11 is 1.54. The van der Waals surface area contributed by atoms with Gasteiger partial charge in [0.2, 0.25) is 5.91 Å². The summed E-state index contributed by atoms with van der Waals surface area (Å²) in [7, 11) is 0.